The van der Waals surface area contributed by atoms with Gasteiger partial charge in [-0.1, -0.05) is 0 Å². The molecule has 74 valence electrons. The molecule has 0 aromatic rings. The topological polar surface area (TPSA) is 103 Å². The standard InChI is InChI=1S/C4H11NO5S2.Li/c1-4(12(8,9)10)3-5-11(2,6)7;/h4-5H,3H2,1-2H3,(H,8,9,10);/q;+1/p-1. The zero-order valence-corrected chi connectivity index (χ0v) is 9.28. The minimum Gasteiger partial charge on any atom is -0.748 e. The third-order valence-electron chi connectivity index (χ3n) is 1.13. The van der Waals surface area contributed by atoms with Crippen LogP contribution in [-0.4, -0.2) is 39.4 Å². The Morgan fingerprint density at radius 2 is 1.69 bits per heavy atom. The van der Waals surface area contributed by atoms with Gasteiger partial charge in [0, 0.05) is 6.54 Å². The molecule has 1 atom stereocenters. The minimum atomic E-state index is -4.40. The summed E-state index contributed by atoms with van der Waals surface area (Å²) in [5.41, 5.74) is 0. The molecule has 0 bridgehead atoms. The van der Waals surface area contributed by atoms with E-state index in [9.17, 15) is 21.4 Å². The van der Waals surface area contributed by atoms with Crippen LogP contribution in [0.4, 0.5) is 0 Å². The Hall–Kier alpha value is 0.417. The van der Waals surface area contributed by atoms with Gasteiger partial charge in [-0.25, -0.2) is 21.6 Å². The SMILES string of the molecule is CC(CNS(C)(=O)=O)S(=O)(=O)[O-].[Li+]. The Morgan fingerprint density at radius 3 is 1.92 bits per heavy atom. The molecule has 0 radical (unpaired) electrons. The average molecular weight is 223 g/mol. The van der Waals surface area contributed by atoms with Crippen molar-refractivity contribution in [3.05, 3.63) is 0 Å². The maximum atomic E-state index is 10.5. The Morgan fingerprint density at radius 1 is 1.31 bits per heavy atom. The molecule has 0 aromatic carbocycles. The van der Waals surface area contributed by atoms with Gasteiger partial charge in [-0.15, -0.1) is 0 Å². The molecule has 0 aromatic heterocycles. The van der Waals surface area contributed by atoms with E-state index in [1.807, 2.05) is 4.72 Å². The van der Waals surface area contributed by atoms with E-state index >= 15 is 0 Å². The van der Waals surface area contributed by atoms with Crippen molar-refractivity contribution in [2.45, 2.75) is 12.2 Å². The van der Waals surface area contributed by atoms with Crippen molar-refractivity contribution < 1.29 is 40.2 Å². The van der Waals surface area contributed by atoms with E-state index in [2.05, 4.69) is 0 Å². The molecule has 0 rings (SSSR count). The molecule has 0 saturated heterocycles. The van der Waals surface area contributed by atoms with E-state index in [0.29, 0.717) is 0 Å². The predicted molar refractivity (Wildman–Crippen MR) is 42.0 cm³/mol. The van der Waals surface area contributed by atoms with Gasteiger partial charge in [-0.05, 0) is 6.92 Å². The van der Waals surface area contributed by atoms with Crippen LogP contribution in [0.5, 0.6) is 0 Å². The molecule has 0 aliphatic rings. The zero-order valence-electron chi connectivity index (χ0n) is 7.64. The fraction of sp³-hybridized carbons (Fsp3) is 1.00. The van der Waals surface area contributed by atoms with Gasteiger partial charge in [-0.2, -0.15) is 0 Å². The summed E-state index contributed by atoms with van der Waals surface area (Å²) in [6, 6.07) is 0. The smallest absolute Gasteiger partial charge is 0.748 e. The normalized spacial score (nSPS) is 14.7. The fourth-order valence-electron chi connectivity index (χ4n) is 0.371. The molecule has 0 aliphatic heterocycles. The monoisotopic (exact) mass is 223 g/mol. The quantitative estimate of drug-likeness (QED) is 0.382. The number of rotatable bonds is 4. The summed E-state index contributed by atoms with van der Waals surface area (Å²) in [4.78, 5) is 0. The Kier molecular flexibility index (Phi) is 6.51. The Balaban J connectivity index is 0. The molecule has 6 nitrogen and oxygen atoms in total. The van der Waals surface area contributed by atoms with Gasteiger partial charge in [0.05, 0.1) is 21.6 Å². The van der Waals surface area contributed by atoms with Crippen LogP contribution >= 0.6 is 0 Å². The van der Waals surface area contributed by atoms with E-state index < -0.39 is 25.4 Å². The van der Waals surface area contributed by atoms with E-state index in [4.69, 9.17) is 0 Å². The molecular formula is C4H10LiNO5S2. The number of nitrogens with one attached hydrogen (secondary N) is 1. The van der Waals surface area contributed by atoms with Crippen LogP contribution in [0.3, 0.4) is 0 Å². The maximum Gasteiger partial charge on any atom is 1.00 e. The summed E-state index contributed by atoms with van der Waals surface area (Å²) in [5, 5.41) is -1.24. The first-order valence-electron chi connectivity index (χ1n) is 3.02. The number of hydrogen-bond donors (Lipinski definition) is 1. The van der Waals surface area contributed by atoms with Gasteiger partial charge in [0.2, 0.25) is 10.0 Å². The molecule has 13 heavy (non-hydrogen) atoms. The van der Waals surface area contributed by atoms with Crippen molar-refractivity contribution in [1.82, 2.24) is 4.72 Å². The van der Waals surface area contributed by atoms with Crippen molar-refractivity contribution in [3.8, 4) is 0 Å². The second-order valence-electron chi connectivity index (χ2n) is 2.42. The van der Waals surface area contributed by atoms with Crippen LogP contribution < -0.4 is 23.6 Å². The van der Waals surface area contributed by atoms with Crippen LogP contribution in [-0.2, 0) is 20.1 Å². The number of sulfonamides is 1. The van der Waals surface area contributed by atoms with Gasteiger partial charge < -0.3 is 4.55 Å². The minimum absolute atomic E-state index is 0. The van der Waals surface area contributed by atoms with Gasteiger partial charge in [0.1, 0.15) is 0 Å². The molecule has 0 amide bonds. The first-order valence-corrected chi connectivity index (χ1v) is 6.38. The third-order valence-corrected chi connectivity index (χ3v) is 2.97. The van der Waals surface area contributed by atoms with Crippen molar-refractivity contribution in [3.63, 3.8) is 0 Å². The number of hydrogen-bond acceptors (Lipinski definition) is 5. The van der Waals surface area contributed by atoms with Gasteiger partial charge in [0.25, 0.3) is 0 Å². The van der Waals surface area contributed by atoms with Crippen LogP contribution in [0, 0.1) is 0 Å². The van der Waals surface area contributed by atoms with E-state index in [1.54, 1.807) is 0 Å². The molecule has 1 unspecified atom stereocenters. The van der Waals surface area contributed by atoms with Gasteiger partial charge >= 0.3 is 18.9 Å². The van der Waals surface area contributed by atoms with Crippen molar-refractivity contribution in [2.75, 3.05) is 12.8 Å². The molecular weight excluding hydrogens is 213 g/mol. The van der Waals surface area contributed by atoms with E-state index in [0.717, 1.165) is 13.2 Å². The largest absolute Gasteiger partial charge is 1.00 e. The summed E-state index contributed by atoms with van der Waals surface area (Å²) in [5.74, 6) is 0. The maximum absolute atomic E-state index is 10.5. The second-order valence-corrected chi connectivity index (χ2v) is 6.05. The van der Waals surface area contributed by atoms with Crippen molar-refractivity contribution in [2.24, 2.45) is 0 Å². The third kappa shape index (κ3) is 8.74. The van der Waals surface area contributed by atoms with Crippen LogP contribution in [0.1, 0.15) is 6.92 Å². The molecule has 1 N–H and O–H groups in total. The average Bonchev–Trinajstić information content (AvgIpc) is 1.78. The van der Waals surface area contributed by atoms with Gasteiger partial charge in [0.15, 0.2) is 0 Å². The van der Waals surface area contributed by atoms with Crippen LogP contribution in [0.25, 0.3) is 0 Å². The first-order chi connectivity index (χ1) is 5.13. The molecule has 0 saturated carbocycles. The molecule has 9 heteroatoms. The van der Waals surface area contributed by atoms with E-state index in [-0.39, 0.29) is 25.4 Å². The molecule has 0 spiro atoms. The summed E-state index contributed by atoms with van der Waals surface area (Å²) in [6.45, 7) is 0.755. The van der Waals surface area contributed by atoms with Crippen LogP contribution in [0.2, 0.25) is 0 Å². The van der Waals surface area contributed by atoms with Gasteiger partial charge in [-0.3, -0.25) is 0 Å². The summed E-state index contributed by atoms with van der Waals surface area (Å²) in [6.07, 6.45) is 0.886. The zero-order chi connectivity index (χ0) is 9.99. The van der Waals surface area contributed by atoms with Crippen molar-refractivity contribution in [1.29, 1.82) is 0 Å². The summed E-state index contributed by atoms with van der Waals surface area (Å²) in [7, 11) is -7.84. The Labute approximate surface area is 90.1 Å². The second kappa shape index (κ2) is 5.34. The fourth-order valence-corrected chi connectivity index (χ4v) is 1.32. The molecule has 0 aliphatic carbocycles. The summed E-state index contributed by atoms with van der Waals surface area (Å²) >= 11 is 0. The summed E-state index contributed by atoms with van der Waals surface area (Å²) < 4.78 is 53.6. The molecule has 0 fully saturated rings. The molecule has 0 heterocycles. The van der Waals surface area contributed by atoms with Crippen molar-refractivity contribution >= 4 is 20.1 Å². The first kappa shape index (κ1) is 15.9. The van der Waals surface area contributed by atoms with E-state index in [1.165, 1.54) is 0 Å². The van der Waals surface area contributed by atoms with Crippen LogP contribution in [0.15, 0.2) is 0 Å². The predicted octanol–water partition coefficient (Wildman–Crippen LogP) is -4.53. The Bertz CT molecular complexity index is 334.